The van der Waals surface area contributed by atoms with Crippen molar-refractivity contribution in [3.63, 3.8) is 0 Å². The number of nitrogens with one attached hydrogen (secondary N) is 1. The summed E-state index contributed by atoms with van der Waals surface area (Å²) in [6.07, 6.45) is 0.896. The number of piperazine rings is 1. The highest BCUT2D eigenvalue weighted by atomic mass is 32.1. The van der Waals surface area contributed by atoms with Crippen LogP contribution >= 0.6 is 12.2 Å². The molecule has 0 aromatic carbocycles. The van der Waals surface area contributed by atoms with Crippen LogP contribution in [0.2, 0.25) is 0 Å². The van der Waals surface area contributed by atoms with Gasteiger partial charge in [0, 0.05) is 32.7 Å². The summed E-state index contributed by atoms with van der Waals surface area (Å²) in [5.74, 6) is 0. The average molecular weight is 201 g/mol. The van der Waals surface area contributed by atoms with E-state index in [9.17, 15) is 4.79 Å². The minimum atomic E-state index is 0.773. The van der Waals surface area contributed by atoms with Crippen molar-refractivity contribution in [1.29, 1.82) is 0 Å². The van der Waals surface area contributed by atoms with E-state index in [1.807, 2.05) is 6.92 Å². The van der Waals surface area contributed by atoms with Gasteiger partial charge in [-0.15, -0.1) is 0 Å². The van der Waals surface area contributed by atoms with Crippen molar-refractivity contribution in [3.05, 3.63) is 0 Å². The zero-order valence-corrected chi connectivity index (χ0v) is 8.64. The lowest BCUT2D eigenvalue weighted by atomic mass is 10.3. The smallest absolute Gasteiger partial charge is 0.209 e. The van der Waals surface area contributed by atoms with Gasteiger partial charge in [0.1, 0.15) is 0 Å². The molecule has 0 aliphatic carbocycles. The zero-order chi connectivity index (χ0) is 9.68. The van der Waals surface area contributed by atoms with Crippen molar-refractivity contribution in [2.75, 3.05) is 32.7 Å². The van der Waals surface area contributed by atoms with Crippen LogP contribution in [0.25, 0.3) is 0 Å². The molecule has 1 fully saturated rings. The molecule has 1 rings (SSSR count). The van der Waals surface area contributed by atoms with E-state index in [-0.39, 0.29) is 0 Å². The molecule has 0 aromatic rings. The van der Waals surface area contributed by atoms with Gasteiger partial charge in [-0.1, -0.05) is 0 Å². The van der Waals surface area contributed by atoms with Crippen LogP contribution < -0.4 is 5.32 Å². The molecule has 0 atom stereocenters. The molecule has 1 saturated heterocycles. The molecule has 1 heterocycles. The topological polar surface area (TPSA) is 35.6 Å². The number of hydrogen-bond acceptors (Lipinski definition) is 2. The van der Waals surface area contributed by atoms with Crippen molar-refractivity contribution >= 4 is 23.7 Å². The fourth-order valence-electron chi connectivity index (χ4n) is 1.29. The van der Waals surface area contributed by atoms with Gasteiger partial charge in [0.05, 0.1) is 0 Å². The van der Waals surface area contributed by atoms with Crippen molar-refractivity contribution in [2.45, 2.75) is 6.92 Å². The predicted molar refractivity (Wildman–Crippen MR) is 55.5 cm³/mol. The van der Waals surface area contributed by atoms with Gasteiger partial charge in [0.15, 0.2) is 5.11 Å². The molecule has 1 amide bonds. The van der Waals surface area contributed by atoms with Gasteiger partial charge in [-0.05, 0) is 19.1 Å². The van der Waals surface area contributed by atoms with Crippen LogP contribution in [0.1, 0.15) is 6.92 Å². The molecule has 74 valence electrons. The van der Waals surface area contributed by atoms with Crippen molar-refractivity contribution < 1.29 is 4.79 Å². The quantitative estimate of drug-likeness (QED) is 0.489. The first-order valence-corrected chi connectivity index (χ1v) is 4.91. The largest absolute Gasteiger partial charge is 0.363 e. The highest BCUT2D eigenvalue weighted by Gasteiger charge is 2.16. The summed E-state index contributed by atoms with van der Waals surface area (Å²) in [5, 5.41) is 3.90. The lowest BCUT2D eigenvalue weighted by molar-refractivity contribution is -0.119. The third-order valence-electron chi connectivity index (χ3n) is 2.08. The summed E-state index contributed by atoms with van der Waals surface area (Å²) in [6.45, 7) is 6.10. The Balaban J connectivity index is 2.31. The second-order valence-electron chi connectivity index (χ2n) is 2.96. The first-order chi connectivity index (χ1) is 6.27. The number of nitrogens with zero attached hydrogens (tertiary/aromatic N) is 2. The predicted octanol–water partition coefficient (Wildman–Crippen LogP) is -0.345. The molecule has 0 spiro atoms. The number of hydrogen-bond donors (Lipinski definition) is 1. The van der Waals surface area contributed by atoms with E-state index in [0.29, 0.717) is 0 Å². The van der Waals surface area contributed by atoms with Gasteiger partial charge in [0.2, 0.25) is 6.41 Å². The van der Waals surface area contributed by atoms with Crippen molar-refractivity contribution in [3.8, 4) is 0 Å². The van der Waals surface area contributed by atoms with E-state index < -0.39 is 0 Å². The van der Waals surface area contributed by atoms with Crippen LogP contribution in [-0.4, -0.2) is 54.0 Å². The monoisotopic (exact) mass is 201 g/mol. The zero-order valence-electron chi connectivity index (χ0n) is 7.82. The minimum Gasteiger partial charge on any atom is -0.363 e. The fraction of sp³-hybridized carbons (Fsp3) is 0.750. The van der Waals surface area contributed by atoms with E-state index in [4.69, 9.17) is 12.2 Å². The van der Waals surface area contributed by atoms with Crippen molar-refractivity contribution in [1.82, 2.24) is 15.1 Å². The Bertz CT molecular complexity index is 190. The van der Waals surface area contributed by atoms with Crippen LogP contribution in [0.3, 0.4) is 0 Å². The summed E-state index contributed by atoms with van der Waals surface area (Å²) >= 11 is 5.16. The average Bonchev–Trinajstić information content (AvgIpc) is 2.18. The van der Waals surface area contributed by atoms with Crippen LogP contribution in [0, 0.1) is 0 Å². The third-order valence-corrected chi connectivity index (χ3v) is 2.48. The third kappa shape index (κ3) is 2.84. The Kier molecular flexibility index (Phi) is 3.95. The molecule has 0 bridgehead atoms. The lowest BCUT2D eigenvalue weighted by Gasteiger charge is -2.34. The first-order valence-electron chi connectivity index (χ1n) is 4.50. The summed E-state index contributed by atoms with van der Waals surface area (Å²) in [5.41, 5.74) is 0. The second kappa shape index (κ2) is 5.01. The molecular weight excluding hydrogens is 186 g/mol. The Hall–Kier alpha value is -0.840. The van der Waals surface area contributed by atoms with Gasteiger partial charge in [0.25, 0.3) is 0 Å². The van der Waals surface area contributed by atoms with Gasteiger partial charge >= 0.3 is 0 Å². The normalized spacial score (nSPS) is 17.0. The molecule has 1 N–H and O–H groups in total. The van der Waals surface area contributed by atoms with E-state index in [2.05, 4.69) is 10.2 Å². The molecule has 1 aliphatic heterocycles. The van der Waals surface area contributed by atoms with E-state index in [0.717, 1.165) is 44.2 Å². The number of thiocarbonyl (C=S) groups is 1. The Labute approximate surface area is 83.9 Å². The molecule has 13 heavy (non-hydrogen) atoms. The highest BCUT2D eigenvalue weighted by Crippen LogP contribution is 1.99. The van der Waals surface area contributed by atoms with E-state index >= 15 is 0 Å². The van der Waals surface area contributed by atoms with E-state index in [1.54, 1.807) is 4.90 Å². The number of rotatable bonds is 2. The number of amides is 1. The molecule has 0 saturated carbocycles. The maximum atomic E-state index is 10.4. The van der Waals surface area contributed by atoms with Gasteiger partial charge in [-0.2, -0.15) is 0 Å². The maximum absolute atomic E-state index is 10.4. The molecular formula is C8H15N3OS. The summed E-state index contributed by atoms with van der Waals surface area (Å²) in [7, 11) is 0. The second-order valence-corrected chi connectivity index (χ2v) is 3.35. The van der Waals surface area contributed by atoms with Gasteiger partial charge in [-0.25, -0.2) is 0 Å². The minimum absolute atomic E-state index is 0.773. The number of carbonyl (C=O) groups excluding carboxylic acids is 1. The summed E-state index contributed by atoms with van der Waals surface area (Å²) < 4.78 is 0. The standard InChI is InChI=1S/C8H15N3OS/c1-2-9-8(13)11-5-3-10(7-12)4-6-11/h7H,2-6H2,1H3,(H,9,13). The van der Waals surface area contributed by atoms with Gasteiger partial charge < -0.3 is 15.1 Å². The molecule has 0 radical (unpaired) electrons. The van der Waals surface area contributed by atoms with Crippen LogP contribution in [0.5, 0.6) is 0 Å². The Morgan fingerprint density at radius 1 is 1.46 bits per heavy atom. The maximum Gasteiger partial charge on any atom is 0.209 e. The molecule has 4 nitrogen and oxygen atoms in total. The van der Waals surface area contributed by atoms with E-state index in [1.165, 1.54) is 0 Å². The highest BCUT2D eigenvalue weighted by molar-refractivity contribution is 7.80. The number of carbonyl (C=O) groups is 1. The molecule has 1 aliphatic rings. The molecule has 5 heteroatoms. The van der Waals surface area contributed by atoms with Gasteiger partial charge in [-0.3, -0.25) is 4.79 Å². The SMILES string of the molecule is CCNC(=S)N1CCN(C=O)CC1. The fourth-order valence-corrected chi connectivity index (χ4v) is 1.62. The van der Waals surface area contributed by atoms with Crippen LogP contribution in [0.15, 0.2) is 0 Å². The Morgan fingerprint density at radius 3 is 2.54 bits per heavy atom. The van der Waals surface area contributed by atoms with Crippen molar-refractivity contribution in [2.24, 2.45) is 0 Å². The van der Waals surface area contributed by atoms with Crippen LogP contribution in [-0.2, 0) is 4.79 Å². The summed E-state index contributed by atoms with van der Waals surface area (Å²) in [6, 6.07) is 0. The first kappa shape index (κ1) is 10.2. The molecule has 0 unspecified atom stereocenters. The molecule has 0 aromatic heterocycles. The summed E-state index contributed by atoms with van der Waals surface area (Å²) in [4.78, 5) is 14.3. The Morgan fingerprint density at radius 2 is 2.08 bits per heavy atom. The van der Waals surface area contributed by atoms with Crippen LogP contribution in [0.4, 0.5) is 0 Å². The lowest BCUT2D eigenvalue weighted by Crippen LogP contribution is -2.51.